The second-order valence-electron chi connectivity index (χ2n) is 9.72. The number of anilines is 3. The van der Waals surface area contributed by atoms with Crippen molar-refractivity contribution in [2.45, 2.75) is 53.4 Å². The van der Waals surface area contributed by atoms with Crippen molar-refractivity contribution in [1.82, 2.24) is 19.7 Å². The Hall–Kier alpha value is -4.20. The molecule has 3 aromatic carbocycles. The molecule has 0 radical (unpaired) electrons. The third-order valence-corrected chi connectivity index (χ3v) is 7.33. The van der Waals surface area contributed by atoms with Crippen LogP contribution in [0.4, 0.5) is 21.7 Å². The van der Waals surface area contributed by atoms with Gasteiger partial charge in [-0.15, -0.1) is 0 Å². The highest BCUT2D eigenvalue weighted by Crippen LogP contribution is 2.44. The van der Waals surface area contributed by atoms with E-state index in [-0.39, 0.29) is 5.82 Å². The Bertz CT molecular complexity index is 1730. The predicted octanol–water partition coefficient (Wildman–Crippen LogP) is 6.29. The summed E-state index contributed by atoms with van der Waals surface area (Å²) in [5, 5.41) is 4.03. The van der Waals surface area contributed by atoms with Gasteiger partial charge in [0.05, 0.1) is 22.6 Å². The highest BCUT2D eigenvalue weighted by molar-refractivity contribution is 5.85. The highest BCUT2D eigenvalue weighted by Gasteiger charge is 2.29. The molecule has 7 nitrogen and oxygen atoms in total. The smallest absolute Gasteiger partial charge is 0.294 e. The molecule has 1 N–H and O–H groups in total. The normalized spacial score (nSPS) is 13.1. The first-order chi connectivity index (χ1) is 17.9. The molecule has 188 valence electrons. The number of halogens is 1. The summed E-state index contributed by atoms with van der Waals surface area (Å²) in [5.41, 5.74) is 9.27. The highest BCUT2D eigenvalue weighted by atomic mass is 19.1. The van der Waals surface area contributed by atoms with E-state index in [4.69, 9.17) is 9.51 Å². The van der Waals surface area contributed by atoms with E-state index in [0.29, 0.717) is 17.0 Å². The molecule has 2 aromatic heterocycles. The van der Waals surface area contributed by atoms with Crippen LogP contribution in [-0.2, 0) is 19.3 Å². The number of aromatic amines is 1. The van der Waals surface area contributed by atoms with E-state index in [0.717, 1.165) is 76.4 Å². The van der Waals surface area contributed by atoms with Gasteiger partial charge in [-0.2, -0.15) is 0 Å². The van der Waals surface area contributed by atoms with Crippen molar-refractivity contribution in [1.29, 1.82) is 0 Å². The van der Waals surface area contributed by atoms with E-state index < -0.39 is 5.76 Å². The molecule has 0 amide bonds. The van der Waals surface area contributed by atoms with Gasteiger partial charge in [0.2, 0.25) is 0 Å². The molecule has 0 bridgehead atoms. The molecule has 6 rings (SSSR count). The molecule has 0 spiro atoms. The molecule has 0 saturated carbocycles. The number of benzene rings is 3. The first-order valence-corrected chi connectivity index (χ1v) is 12.6. The van der Waals surface area contributed by atoms with Crippen LogP contribution in [0.5, 0.6) is 0 Å². The number of H-pyrrole nitrogens is 1. The molecule has 0 atom stereocenters. The minimum Gasteiger partial charge on any atom is -0.294 e. The van der Waals surface area contributed by atoms with Crippen LogP contribution in [0.2, 0.25) is 0 Å². The van der Waals surface area contributed by atoms with Gasteiger partial charge in [-0.25, -0.2) is 14.2 Å². The molecule has 1 aliphatic heterocycles. The zero-order valence-electron chi connectivity index (χ0n) is 21.4. The molecule has 5 aromatic rings. The van der Waals surface area contributed by atoms with Gasteiger partial charge in [0.15, 0.2) is 0 Å². The maximum absolute atomic E-state index is 15.4. The minimum atomic E-state index is -0.608. The maximum Gasteiger partial charge on any atom is 0.440 e. The summed E-state index contributed by atoms with van der Waals surface area (Å²) < 4.78 is 22.3. The summed E-state index contributed by atoms with van der Waals surface area (Å²) in [7, 11) is 0. The Balaban J connectivity index is 1.66. The van der Waals surface area contributed by atoms with Gasteiger partial charge in [0.25, 0.3) is 5.95 Å². The fourth-order valence-electron chi connectivity index (χ4n) is 5.68. The van der Waals surface area contributed by atoms with Crippen molar-refractivity contribution in [2.24, 2.45) is 0 Å². The molecule has 1 aliphatic rings. The zero-order chi connectivity index (χ0) is 25.8. The van der Waals surface area contributed by atoms with E-state index in [1.807, 2.05) is 41.5 Å². The van der Waals surface area contributed by atoms with Crippen molar-refractivity contribution >= 4 is 28.4 Å². The number of nitrogens with one attached hydrogen (secondary N) is 1. The average molecular weight is 498 g/mol. The molecule has 0 aliphatic carbocycles. The molecule has 37 heavy (non-hydrogen) atoms. The van der Waals surface area contributed by atoms with Crippen molar-refractivity contribution in [2.75, 3.05) is 4.90 Å². The Kier molecular flexibility index (Phi) is 5.47. The fourth-order valence-corrected chi connectivity index (χ4v) is 5.68. The van der Waals surface area contributed by atoms with Gasteiger partial charge >= 0.3 is 5.76 Å². The Morgan fingerprint density at radius 1 is 1.05 bits per heavy atom. The summed E-state index contributed by atoms with van der Waals surface area (Å²) in [4.78, 5) is 21.5. The summed E-state index contributed by atoms with van der Waals surface area (Å²) >= 11 is 0. The van der Waals surface area contributed by atoms with Crippen LogP contribution in [0.25, 0.3) is 16.7 Å². The first-order valence-electron chi connectivity index (χ1n) is 12.6. The van der Waals surface area contributed by atoms with Crippen molar-refractivity contribution in [3.05, 3.63) is 92.5 Å². The van der Waals surface area contributed by atoms with Gasteiger partial charge < -0.3 is 0 Å². The lowest BCUT2D eigenvalue weighted by Crippen LogP contribution is -2.16. The van der Waals surface area contributed by atoms with Gasteiger partial charge in [0.1, 0.15) is 17.2 Å². The van der Waals surface area contributed by atoms with Gasteiger partial charge in [-0.05, 0) is 91.2 Å². The van der Waals surface area contributed by atoms with Crippen LogP contribution in [0, 0.1) is 26.6 Å². The van der Waals surface area contributed by atoms with Crippen LogP contribution in [0.3, 0.4) is 0 Å². The third kappa shape index (κ3) is 3.58. The SMILES string of the molecule is CCCc1nc2c(C)ccc(F)c2n1-c1c(C)cc2c(c1C)CCc1ccccc1N2c1noc(=O)[nH]1. The Morgan fingerprint density at radius 3 is 2.62 bits per heavy atom. The molecule has 8 heteroatoms. The average Bonchev–Trinajstić information content (AvgIpc) is 3.42. The number of rotatable bonds is 4. The van der Waals surface area contributed by atoms with E-state index in [1.165, 1.54) is 6.07 Å². The van der Waals surface area contributed by atoms with Crippen molar-refractivity contribution in [3.63, 3.8) is 0 Å². The van der Waals surface area contributed by atoms with Crippen LogP contribution < -0.4 is 10.7 Å². The lowest BCUT2D eigenvalue weighted by molar-refractivity contribution is 0.387. The minimum absolute atomic E-state index is 0.279. The number of hydrogen-bond donors (Lipinski definition) is 1. The summed E-state index contributed by atoms with van der Waals surface area (Å²) in [6, 6.07) is 13.5. The van der Waals surface area contributed by atoms with Gasteiger partial charge in [-0.1, -0.05) is 31.2 Å². The molecule has 0 unspecified atom stereocenters. The largest absolute Gasteiger partial charge is 0.440 e. The monoisotopic (exact) mass is 497 g/mol. The molecular weight excluding hydrogens is 469 g/mol. The number of hydrogen-bond acceptors (Lipinski definition) is 5. The first kappa shape index (κ1) is 23.2. The zero-order valence-corrected chi connectivity index (χ0v) is 21.4. The molecule has 0 saturated heterocycles. The van der Waals surface area contributed by atoms with E-state index in [2.05, 4.69) is 36.1 Å². The molecule has 0 fully saturated rings. The van der Waals surface area contributed by atoms with Gasteiger partial charge in [0, 0.05) is 6.42 Å². The lowest BCUT2D eigenvalue weighted by atomic mass is 9.95. The van der Waals surface area contributed by atoms with Crippen molar-refractivity contribution in [3.8, 4) is 5.69 Å². The Labute approximate surface area is 213 Å². The van der Waals surface area contributed by atoms with E-state index >= 15 is 4.39 Å². The topological polar surface area (TPSA) is 79.9 Å². The van der Waals surface area contributed by atoms with E-state index in [1.54, 1.807) is 6.07 Å². The molecule has 3 heterocycles. The summed E-state index contributed by atoms with van der Waals surface area (Å²) in [6.45, 7) is 8.21. The van der Waals surface area contributed by atoms with Gasteiger partial charge in [-0.3, -0.25) is 19.0 Å². The van der Waals surface area contributed by atoms with Crippen molar-refractivity contribution < 1.29 is 8.91 Å². The number of para-hydroxylation sites is 1. The van der Waals surface area contributed by atoms with Crippen LogP contribution in [0.15, 0.2) is 51.8 Å². The van der Waals surface area contributed by atoms with Crippen LogP contribution in [-0.4, -0.2) is 19.7 Å². The Morgan fingerprint density at radius 2 is 1.86 bits per heavy atom. The lowest BCUT2D eigenvalue weighted by Gasteiger charge is -2.27. The number of aromatic nitrogens is 4. The predicted molar refractivity (Wildman–Crippen MR) is 142 cm³/mol. The van der Waals surface area contributed by atoms with Crippen LogP contribution in [0.1, 0.15) is 47.0 Å². The number of imidazole rings is 1. The van der Waals surface area contributed by atoms with E-state index in [9.17, 15) is 4.79 Å². The second-order valence-corrected chi connectivity index (χ2v) is 9.72. The molecular formula is C29H28FN5O2. The fraction of sp³-hybridized carbons (Fsp3) is 0.276. The third-order valence-electron chi connectivity index (χ3n) is 7.33. The standard InChI is InChI=1S/C29H28FN5O2/c1-5-8-24-31-25-16(2)11-14-21(30)27(25)35(24)26-17(3)15-23-20(18(26)4)13-12-19-9-6-7-10-22(19)34(23)28-32-29(36)37-33-28/h6-7,9-11,14-15H,5,8,12-13H2,1-4H3,(H,32,33,36). The number of aryl methyl sites for hydroxylation is 4. The maximum atomic E-state index is 15.4. The summed E-state index contributed by atoms with van der Waals surface area (Å²) in [6.07, 6.45) is 3.23. The number of fused-ring (bicyclic) bond motifs is 3. The second kappa shape index (κ2) is 8.73. The summed E-state index contributed by atoms with van der Waals surface area (Å²) in [5.74, 6) is 0.293. The number of nitrogens with zero attached hydrogens (tertiary/aromatic N) is 4. The quantitative estimate of drug-likeness (QED) is 0.316. The van der Waals surface area contributed by atoms with Crippen LogP contribution >= 0.6 is 0 Å².